The van der Waals surface area contributed by atoms with Gasteiger partial charge >= 0.3 is 6.03 Å². The van der Waals surface area contributed by atoms with Gasteiger partial charge in [-0.2, -0.15) is 0 Å². The summed E-state index contributed by atoms with van der Waals surface area (Å²) in [6.45, 7) is 8.43. The Morgan fingerprint density at radius 3 is 2.46 bits per heavy atom. The molecule has 6 heteroatoms. The molecule has 2 saturated heterocycles. The van der Waals surface area contributed by atoms with E-state index in [2.05, 4.69) is 34.4 Å². The Hall–Kier alpha value is -0.850. The number of β-amino-alcohol motifs (C(OH)–C–C–N with tert-alkyl or cyclic N) is 1. The highest BCUT2D eigenvalue weighted by atomic mass is 16.3. The monoisotopic (exact) mass is 340 g/mol. The summed E-state index contributed by atoms with van der Waals surface area (Å²) in [4.78, 5) is 16.5. The zero-order chi connectivity index (χ0) is 17.4. The zero-order valence-electron chi connectivity index (χ0n) is 15.5. The van der Waals surface area contributed by atoms with Gasteiger partial charge in [0, 0.05) is 19.6 Å². The predicted octanol–water partition coefficient (Wildman–Crippen LogP) is 1.11. The van der Waals surface area contributed by atoms with E-state index in [9.17, 15) is 9.90 Å². The topological polar surface area (TPSA) is 67.8 Å². The molecule has 0 saturated carbocycles. The molecule has 0 radical (unpaired) electrons. The van der Waals surface area contributed by atoms with E-state index >= 15 is 0 Å². The first-order valence-electron chi connectivity index (χ1n) is 9.63. The quantitative estimate of drug-likeness (QED) is 0.649. The van der Waals surface area contributed by atoms with E-state index in [4.69, 9.17) is 0 Å². The SMILES string of the molecule is CC1CCN(CC(O)CNC(=O)NCCC2CCN(C)CC2)CC1. The molecule has 2 amide bonds. The molecular weight excluding hydrogens is 304 g/mol. The molecule has 2 aliphatic rings. The van der Waals surface area contributed by atoms with Gasteiger partial charge in [0.25, 0.3) is 0 Å². The van der Waals surface area contributed by atoms with E-state index in [0.717, 1.165) is 37.9 Å². The maximum Gasteiger partial charge on any atom is 0.314 e. The van der Waals surface area contributed by atoms with E-state index in [1.165, 1.54) is 38.8 Å². The Labute approximate surface area is 147 Å². The normalized spacial score (nSPS) is 23.1. The number of amides is 2. The average molecular weight is 341 g/mol. The maximum atomic E-state index is 11.8. The van der Waals surface area contributed by atoms with Gasteiger partial charge in [-0.1, -0.05) is 6.92 Å². The highest BCUT2D eigenvalue weighted by Crippen LogP contribution is 2.18. The fourth-order valence-corrected chi connectivity index (χ4v) is 3.62. The number of urea groups is 1. The van der Waals surface area contributed by atoms with Crippen LogP contribution in [0, 0.1) is 11.8 Å². The Balaban J connectivity index is 1.49. The maximum absolute atomic E-state index is 11.8. The van der Waals surface area contributed by atoms with Crippen LogP contribution < -0.4 is 10.6 Å². The van der Waals surface area contributed by atoms with Crippen LogP contribution in [0.15, 0.2) is 0 Å². The summed E-state index contributed by atoms with van der Waals surface area (Å²) in [7, 11) is 2.16. The number of rotatable bonds is 7. The van der Waals surface area contributed by atoms with E-state index in [-0.39, 0.29) is 6.03 Å². The molecule has 0 aromatic heterocycles. The van der Waals surface area contributed by atoms with Gasteiger partial charge in [-0.3, -0.25) is 0 Å². The van der Waals surface area contributed by atoms with Crippen LogP contribution in [0.2, 0.25) is 0 Å². The molecule has 6 nitrogen and oxygen atoms in total. The minimum absolute atomic E-state index is 0.158. The molecule has 2 fully saturated rings. The summed E-state index contributed by atoms with van der Waals surface area (Å²) < 4.78 is 0. The van der Waals surface area contributed by atoms with Gasteiger partial charge in [-0.15, -0.1) is 0 Å². The van der Waals surface area contributed by atoms with Crippen molar-refractivity contribution in [1.29, 1.82) is 0 Å². The summed E-state index contributed by atoms with van der Waals surface area (Å²) in [5, 5.41) is 15.8. The number of carbonyl (C=O) groups excluding carboxylic acids is 1. The van der Waals surface area contributed by atoms with Gasteiger partial charge in [0.15, 0.2) is 0 Å². The number of hydrogen-bond donors (Lipinski definition) is 3. The van der Waals surface area contributed by atoms with Gasteiger partial charge in [-0.25, -0.2) is 4.79 Å². The zero-order valence-corrected chi connectivity index (χ0v) is 15.5. The number of hydrogen-bond acceptors (Lipinski definition) is 4. The van der Waals surface area contributed by atoms with Crippen LogP contribution in [0.25, 0.3) is 0 Å². The van der Waals surface area contributed by atoms with E-state index in [0.29, 0.717) is 13.1 Å². The lowest BCUT2D eigenvalue weighted by Crippen LogP contribution is -2.45. The summed E-state index contributed by atoms with van der Waals surface area (Å²) in [5.74, 6) is 1.53. The van der Waals surface area contributed by atoms with Crippen molar-refractivity contribution in [2.24, 2.45) is 11.8 Å². The van der Waals surface area contributed by atoms with E-state index in [1.807, 2.05) is 0 Å². The van der Waals surface area contributed by atoms with Crippen molar-refractivity contribution in [3.8, 4) is 0 Å². The molecule has 0 aromatic carbocycles. The molecule has 2 heterocycles. The second-order valence-electron chi connectivity index (χ2n) is 7.81. The third-order valence-electron chi connectivity index (χ3n) is 5.52. The molecule has 1 unspecified atom stereocenters. The van der Waals surface area contributed by atoms with Crippen LogP contribution in [0.1, 0.15) is 39.0 Å². The number of likely N-dealkylation sites (tertiary alicyclic amines) is 2. The second-order valence-corrected chi connectivity index (χ2v) is 7.81. The first-order chi connectivity index (χ1) is 11.5. The van der Waals surface area contributed by atoms with Crippen molar-refractivity contribution in [3.05, 3.63) is 0 Å². The number of nitrogens with zero attached hydrogens (tertiary/aromatic N) is 2. The number of nitrogens with one attached hydrogen (secondary N) is 2. The number of aliphatic hydroxyl groups is 1. The number of carbonyl (C=O) groups is 1. The van der Waals surface area contributed by atoms with Crippen molar-refractivity contribution < 1.29 is 9.90 Å². The van der Waals surface area contributed by atoms with Crippen molar-refractivity contribution in [2.75, 3.05) is 52.9 Å². The predicted molar refractivity (Wildman–Crippen MR) is 97.1 cm³/mol. The van der Waals surface area contributed by atoms with Gasteiger partial charge in [0.1, 0.15) is 0 Å². The summed E-state index contributed by atoms with van der Waals surface area (Å²) in [5.41, 5.74) is 0. The highest BCUT2D eigenvalue weighted by molar-refractivity contribution is 5.73. The van der Waals surface area contributed by atoms with Crippen LogP contribution in [0.4, 0.5) is 4.79 Å². The minimum atomic E-state index is -0.488. The molecule has 0 aliphatic carbocycles. The number of piperidine rings is 2. The third-order valence-corrected chi connectivity index (χ3v) is 5.52. The van der Waals surface area contributed by atoms with E-state index < -0.39 is 6.10 Å². The molecule has 2 rings (SSSR count). The largest absolute Gasteiger partial charge is 0.390 e. The fourth-order valence-electron chi connectivity index (χ4n) is 3.62. The van der Waals surface area contributed by atoms with E-state index in [1.54, 1.807) is 0 Å². The van der Waals surface area contributed by atoms with Crippen molar-refractivity contribution in [3.63, 3.8) is 0 Å². The smallest absolute Gasteiger partial charge is 0.314 e. The average Bonchev–Trinajstić information content (AvgIpc) is 2.57. The van der Waals surface area contributed by atoms with Gasteiger partial charge in [0.2, 0.25) is 0 Å². The summed E-state index contributed by atoms with van der Waals surface area (Å²) in [6.07, 6.45) is 5.43. The van der Waals surface area contributed by atoms with Crippen LogP contribution in [-0.2, 0) is 0 Å². The van der Waals surface area contributed by atoms with Crippen molar-refractivity contribution >= 4 is 6.03 Å². The van der Waals surface area contributed by atoms with Gasteiger partial charge < -0.3 is 25.5 Å². The molecule has 2 aliphatic heterocycles. The first-order valence-corrected chi connectivity index (χ1v) is 9.63. The third kappa shape index (κ3) is 7.36. The molecule has 3 N–H and O–H groups in total. The lowest BCUT2D eigenvalue weighted by molar-refractivity contribution is 0.0920. The van der Waals surface area contributed by atoms with Crippen LogP contribution in [-0.4, -0.2) is 79.9 Å². The standard InChI is InChI=1S/C18H36N4O2/c1-15-4-11-22(12-5-15)14-17(23)13-20-18(24)19-8-3-16-6-9-21(2)10-7-16/h15-17,23H,3-14H2,1-2H3,(H2,19,20,24). The Kier molecular flexibility index (Phi) is 8.29. The highest BCUT2D eigenvalue weighted by Gasteiger charge is 2.19. The molecule has 1 atom stereocenters. The lowest BCUT2D eigenvalue weighted by Gasteiger charge is -2.31. The van der Waals surface area contributed by atoms with Crippen LogP contribution in [0.3, 0.4) is 0 Å². The number of aliphatic hydroxyl groups excluding tert-OH is 1. The molecule has 0 spiro atoms. The Morgan fingerprint density at radius 1 is 1.12 bits per heavy atom. The fraction of sp³-hybridized carbons (Fsp3) is 0.944. The molecular formula is C18H36N4O2. The second kappa shape index (κ2) is 10.2. The molecule has 24 heavy (non-hydrogen) atoms. The summed E-state index contributed by atoms with van der Waals surface area (Å²) >= 11 is 0. The Bertz CT molecular complexity index is 364. The lowest BCUT2D eigenvalue weighted by atomic mass is 9.94. The van der Waals surface area contributed by atoms with Gasteiger partial charge in [-0.05, 0) is 77.2 Å². The minimum Gasteiger partial charge on any atom is -0.390 e. The van der Waals surface area contributed by atoms with Crippen LogP contribution in [0.5, 0.6) is 0 Å². The molecule has 140 valence electrons. The van der Waals surface area contributed by atoms with Crippen molar-refractivity contribution in [2.45, 2.75) is 45.1 Å². The molecule has 0 aromatic rings. The summed E-state index contributed by atoms with van der Waals surface area (Å²) in [6, 6.07) is -0.158. The van der Waals surface area contributed by atoms with Crippen LogP contribution >= 0.6 is 0 Å². The van der Waals surface area contributed by atoms with Crippen molar-refractivity contribution in [1.82, 2.24) is 20.4 Å². The molecule has 0 bridgehead atoms. The Morgan fingerprint density at radius 2 is 1.79 bits per heavy atom. The van der Waals surface area contributed by atoms with Gasteiger partial charge in [0.05, 0.1) is 6.10 Å². The first kappa shape index (κ1) is 19.5.